The van der Waals surface area contributed by atoms with Crippen molar-refractivity contribution < 1.29 is 8.78 Å². The maximum atomic E-state index is 12.7. The van der Waals surface area contributed by atoms with Crippen molar-refractivity contribution in [1.29, 1.82) is 0 Å². The van der Waals surface area contributed by atoms with E-state index in [-0.39, 0.29) is 11.3 Å². The highest BCUT2D eigenvalue weighted by atomic mass is 79.9. The average molecular weight is 291 g/mol. The number of rotatable bonds is 4. The lowest BCUT2D eigenvalue weighted by atomic mass is 10.1. The molecule has 0 aliphatic heterocycles. The molecule has 0 radical (unpaired) electrons. The Morgan fingerprint density at radius 2 is 2.12 bits per heavy atom. The molecule has 1 fully saturated rings. The van der Waals surface area contributed by atoms with E-state index in [0.29, 0.717) is 16.1 Å². The molecule has 0 atom stereocenters. The summed E-state index contributed by atoms with van der Waals surface area (Å²) in [5, 5.41) is 3.12. The van der Waals surface area contributed by atoms with Crippen molar-refractivity contribution in [3.05, 3.63) is 22.2 Å². The summed E-state index contributed by atoms with van der Waals surface area (Å²) < 4.78 is 25.8. The van der Waals surface area contributed by atoms with Crippen molar-refractivity contribution in [3.63, 3.8) is 0 Å². The Kier molecular flexibility index (Phi) is 3.33. The number of nitrogens with one attached hydrogen (secondary N) is 1. The normalized spacial score (nSPS) is 15.5. The van der Waals surface area contributed by atoms with Gasteiger partial charge in [-0.05, 0) is 30.9 Å². The molecule has 0 heterocycles. The van der Waals surface area contributed by atoms with Gasteiger partial charge in [0.15, 0.2) is 0 Å². The third-order valence-corrected chi connectivity index (χ3v) is 3.42. The summed E-state index contributed by atoms with van der Waals surface area (Å²) in [7, 11) is 0. The zero-order valence-electron chi connectivity index (χ0n) is 8.64. The molecule has 88 valence electrons. The first kappa shape index (κ1) is 11.6. The Morgan fingerprint density at radius 1 is 1.44 bits per heavy atom. The lowest BCUT2D eigenvalue weighted by Gasteiger charge is -2.13. The Balaban J connectivity index is 2.20. The first-order chi connectivity index (χ1) is 7.59. The highest BCUT2D eigenvalue weighted by molar-refractivity contribution is 9.10. The minimum atomic E-state index is -2.56. The van der Waals surface area contributed by atoms with Gasteiger partial charge in [0.25, 0.3) is 6.43 Å². The van der Waals surface area contributed by atoms with Crippen molar-refractivity contribution in [2.45, 2.75) is 19.3 Å². The van der Waals surface area contributed by atoms with E-state index in [1.54, 1.807) is 12.1 Å². The molecule has 2 rings (SSSR count). The van der Waals surface area contributed by atoms with E-state index < -0.39 is 6.43 Å². The lowest BCUT2D eigenvalue weighted by Crippen LogP contribution is -2.07. The quantitative estimate of drug-likeness (QED) is 0.828. The molecule has 1 aliphatic carbocycles. The maximum absolute atomic E-state index is 12.7. The van der Waals surface area contributed by atoms with Gasteiger partial charge in [0.1, 0.15) is 0 Å². The van der Waals surface area contributed by atoms with Crippen LogP contribution in [-0.2, 0) is 0 Å². The van der Waals surface area contributed by atoms with Crippen LogP contribution in [0.2, 0.25) is 0 Å². The number of halogens is 3. The molecule has 1 aromatic carbocycles. The molecule has 0 amide bonds. The van der Waals surface area contributed by atoms with Crippen LogP contribution in [0.25, 0.3) is 0 Å². The van der Waals surface area contributed by atoms with E-state index in [1.807, 2.05) is 0 Å². The molecule has 3 N–H and O–H groups in total. The van der Waals surface area contributed by atoms with Gasteiger partial charge in [-0.3, -0.25) is 0 Å². The summed E-state index contributed by atoms with van der Waals surface area (Å²) in [6.07, 6.45) is -0.131. The fourth-order valence-corrected chi connectivity index (χ4v) is 2.08. The van der Waals surface area contributed by atoms with Gasteiger partial charge in [-0.25, -0.2) is 8.78 Å². The van der Waals surface area contributed by atoms with Crippen LogP contribution in [-0.4, -0.2) is 6.54 Å². The minimum absolute atomic E-state index is 0.124. The van der Waals surface area contributed by atoms with E-state index >= 15 is 0 Å². The average Bonchev–Trinajstić information content (AvgIpc) is 3.00. The standard InChI is InChI=1S/C11H13BrF2N2/c12-7-3-4-8(16-5-6-1-2-6)10(15)9(7)11(13)14/h3-4,6,11,16H,1-2,5,15H2. The van der Waals surface area contributed by atoms with Crippen LogP contribution in [0.15, 0.2) is 16.6 Å². The molecular weight excluding hydrogens is 278 g/mol. The number of nitrogens with two attached hydrogens (primary N) is 1. The van der Waals surface area contributed by atoms with Gasteiger partial charge >= 0.3 is 0 Å². The topological polar surface area (TPSA) is 38.0 Å². The highest BCUT2D eigenvalue weighted by Crippen LogP contribution is 2.37. The summed E-state index contributed by atoms with van der Waals surface area (Å²) in [6.45, 7) is 0.814. The predicted octanol–water partition coefficient (Wildman–Crippen LogP) is 3.79. The molecule has 0 aromatic heterocycles. The fraction of sp³-hybridized carbons (Fsp3) is 0.455. The van der Waals surface area contributed by atoms with E-state index in [0.717, 1.165) is 6.54 Å². The Bertz CT molecular complexity index is 392. The van der Waals surface area contributed by atoms with E-state index in [2.05, 4.69) is 21.2 Å². The molecule has 5 heteroatoms. The largest absolute Gasteiger partial charge is 0.397 e. The second kappa shape index (κ2) is 4.57. The van der Waals surface area contributed by atoms with Crippen molar-refractivity contribution in [3.8, 4) is 0 Å². The van der Waals surface area contributed by atoms with Gasteiger partial charge in [-0.15, -0.1) is 0 Å². The number of hydrogen-bond donors (Lipinski definition) is 2. The minimum Gasteiger partial charge on any atom is -0.397 e. The van der Waals surface area contributed by atoms with E-state index in [1.165, 1.54) is 12.8 Å². The molecule has 0 spiro atoms. The molecule has 0 saturated heterocycles. The monoisotopic (exact) mass is 290 g/mol. The van der Waals surface area contributed by atoms with Gasteiger partial charge in [-0.1, -0.05) is 15.9 Å². The van der Waals surface area contributed by atoms with Crippen molar-refractivity contribution in [1.82, 2.24) is 0 Å². The number of anilines is 2. The number of nitrogen functional groups attached to an aromatic ring is 1. The predicted molar refractivity (Wildman–Crippen MR) is 64.7 cm³/mol. The molecule has 1 aromatic rings. The van der Waals surface area contributed by atoms with Crippen molar-refractivity contribution in [2.24, 2.45) is 5.92 Å². The zero-order valence-corrected chi connectivity index (χ0v) is 10.2. The SMILES string of the molecule is Nc1c(NCC2CC2)ccc(Br)c1C(F)F. The Morgan fingerprint density at radius 3 is 2.69 bits per heavy atom. The first-order valence-electron chi connectivity index (χ1n) is 5.19. The van der Waals surface area contributed by atoms with Crippen LogP contribution in [0.1, 0.15) is 24.8 Å². The smallest absolute Gasteiger partial charge is 0.266 e. The maximum Gasteiger partial charge on any atom is 0.266 e. The van der Waals surface area contributed by atoms with Crippen LogP contribution >= 0.6 is 15.9 Å². The van der Waals surface area contributed by atoms with E-state index in [9.17, 15) is 8.78 Å². The molecule has 0 bridgehead atoms. The van der Waals surface area contributed by atoms with Crippen LogP contribution < -0.4 is 11.1 Å². The third kappa shape index (κ3) is 2.45. The van der Waals surface area contributed by atoms with Gasteiger partial charge in [0.2, 0.25) is 0 Å². The Hall–Kier alpha value is -0.840. The van der Waals surface area contributed by atoms with Crippen LogP contribution in [0.4, 0.5) is 20.2 Å². The lowest BCUT2D eigenvalue weighted by molar-refractivity contribution is 0.151. The second-order valence-corrected chi connectivity index (χ2v) is 4.90. The van der Waals surface area contributed by atoms with E-state index in [4.69, 9.17) is 5.73 Å². The molecular formula is C11H13BrF2N2. The highest BCUT2D eigenvalue weighted by Gasteiger charge is 2.22. The second-order valence-electron chi connectivity index (χ2n) is 4.05. The Labute approximate surface area is 101 Å². The van der Waals surface area contributed by atoms with Crippen molar-refractivity contribution >= 4 is 27.3 Å². The summed E-state index contributed by atoms with van der Waals surface area (Å²) in [5.41, 5.74) is 6.34. The molecule has 1 saturated carbocycles. The van der Waals surface area contributed by atoms with Gasteiger partial charge in [-0.2, -0.15) is 0 Å². The molecule has 0 unspecified atom stereocenters. The number of hydrogen-bond acceptors (Lipinski definition) is 2. The summed E-state index contributed by atoms with van der Waals surface area (Å²) >= 11 is 3.09. The van der Waals surface area contributed by atoms with Gasteiger partial charge < -0.3 is 11.1 Å². The van der Waals surface area contributed by atoms with Gasteiger partial charge in [0, 0.05) is 11.0 Å². The van der Waals surface area contributed by atoms with Crippen LogP contribution in [0.5, 0.6) is 0 Å². The molecule has 2 nitrogen and oxygen atoms in total. The number of benzene rings is 1. The zero-order chi connectivity index (χ0) is 11.7. The van der Waals surface area contributed by atoms with Gasteiger partial charge in [0.05, 0.1) is 16.9 Å². The summed E-state index contributed by atoms with van der Waals surface area (Å²) in [4.78, 5) is 0. The molecule has 1 aliphatic rings. The molecule has 16 heavy (non-hydrogen) atoms. The van der Waals surface area contributed by atoms with Crippen LogP contribution in [0, 0.1) is 5.92 Å². The summed E-state index contributed by atoms with van der Waals surface area (Å²) in [5.74, 6) is 0.679. The fourth-order valence-electron chi connectivity index (χ4n) is 1.56. The number of alkyl halides is 2. The first-order valence-corrected chi connectivity index (χ1v) is 5.98. The third-order valence-electron chi connectivity index (χ3n) is 2.73. The summed E-state index contributed by atoms with van der Waals surface area (Å²) in [6, 6.07) is 3.33. The van der Waals surface area contributed by atoms with Crippen molar-refractivity contribution in [2.75, 3.05) is 17.6 Å². The van der Waals surface area contributed by atoms with Crippen LogP contribution in [0.3, 0.4) is 0 Å².